The van der Waals surface area contributed by atoms with E-state index in [0.29, 0.717) is 22.1 Å². The smallest absolute Gasteiger partial charge is 0.265 e. The second-order valence-electron chi connectivity index (χ2n) is 6.07. The topological polar surface area (TPSA) is 93.2 Å². The Morgan fingerprint density at radius 3 is 2.81 bits per heavy atom. The Hall–Kier alpha value is -3.26. The van der Waals surface area contributed by atoms with Crippen LogP contribution in [-0.4, -0.2) is 27.9 Å². The van der Waals surface area contributed by atoms with Crippen molar-refractivity contribution in [2.24, 2.45) is 0 Å². The summed E-state index contributed by atoms with van der Waals surface area (Å²) in [6.07, 6.45) is 2.62. The molecule has 4 rings (SSSR count). The number of ether oxygens (including phenoxy) is 1. The van der Waals surface area contributed by atoms with Gasteiger partial charge in [-0.15, -0.1) is 11.3 Å². The van der Waals surface area contributed by atoms with Gasteiger partial charge in [0.15, 0.2) is 11.2 Å². The van der Waals surface area contributed by atoms with Gasteiger partial charge in [-0.2, -0.15) is 0 Å². The van der Waals surface area contributed by atoms with Gasteiger partial charge in [-0.3, -0.25) is 19.9 Å². The minimum atomic E-state index is -0.514. The van der Waals surface area contributed by atoms with Crippen LogP contribution >= 0.6 is 11.3 Å². The summed E-state index contributed by atoms with van der Waals surface area (Å²) in [4.78, 5) is 33.5. The van der Waals surface area contributed by atoms with Crippen molar-refractivity contribution in [2.45, 2.75) is 20.0 Å². The number of fused-ring (bicyclic) bond motifs is 1. The number of amides is 2. The number of benzene rings is 1. The normalized spacial score (nSPS) is 15.5. The van der Waals surface area contributed by atoms with Gasteiger partial charge in [0, 0.05) is 28.4 Å². The van der Waals surface area contributed by atoms with E-state index in [1.54, 1.807) is 31.5 Å². The SMILES string of the molecule is Cc1sc(NC(=O)c2ccncc2)nc1-c1ccc2c(c1)NC(=O)[C@H](C)O2. The summed E-state index contributed by atoms with van der Waals surface area (Å²) < 4.78 is 5.58. The molecule has 0 fully saturated rings. The summed E-state index contributed by atoms with van der Waals surface area (Å²) in [7, 11) is 0. The Labute approximate surface area is 159 Å². The van der Waals surface area contributed by atoms with E-state index in [4.69, 9.17) is 4.74 Å². The molecule has 3 aromatic rings. The van der Waals surface area contributed by atoms with Crippen molar-refractivity contribution in [3.63, 3.8) is 0 Å². The molecule has 8 heteroatoms. The van der Waals surface area contributed by atoms with Crippen molar-refractivity contribution in [3.8, 4) is 17.0 Å². The van der Waals surface area contributed by atoms with Gasteiger partial charge in [-0.1, -0.05) is 0 Å². The number of nitrogens with zero attached hydrogens (tertiary/aromatic N) is 2. The lowest BCUT2D eigenvalue weighted by Gasteiger charge is -2.23. The van der Waals surface area contributed by atoms with Gasteiger partial charge in [-0.25, -0.2) is 4.98 Å². The molecule has 0 spiro atoms. The van der Waals surface area contributed by atoms with Gasteiger partial charge in [0.1, 0.15) is 5.75 Å². The number of aryl methyl sites for hydroxylation is 1. The first-order chi connectivity index (χ1) is 13.0. The molecule has 2 amide bonds. The first-order valence-electron chi connectivity index (χ1n) is 8.32. The molecule has 1 atom stereocenters. The molecule has 3 heterocycles. The van der Waals surface area contributed by atoms with E-state index < -0.39 is 6.10 Å². The first kappa shape index (κ1) is 17.2. The highest BCUT2D eigenvalue weighted by atomic mass is 32.1. The van der Waals surface area contributed by atoms with Crippen molar-refractivity contribution in [1.29, 1.82) is 0 Å². The van der Waals surface area contributed by atoms with Crippen LogP contribution in [0.3, 0.4) is 0 Å². The lowest BCUT2D eigenvalue weighted by atomic mass is 10.1. The average Bonchev–Trinajstić information content (AvgIpc) is 3.03. The number of thiazole rings is 1. The average molecular weight is 380 g/mol. The molecule has 27 heavy (non-hydrogen) atoms. The lowest BCUT2D eigenvalue weighted by molar-refractivity contribution is -0.122. The molecule has 1 aromatic carbocycles. The molecular weight excluding hydrogens is 364 g/mol. The molecule has 136 valence electrons. The molecule has 2 N–H and O–H groups in total. The van der Waals surface area contributed by atoms with Gasteiger partial charge in [-0.05, 0) is 44.2 Å². The number of rotatable bonds is 3. The van der Waals surface area contributed by atoms with E-state index in [0.717, 1.165) is 16.1 Å². The van der Waals surface area contributed by atoms with Crippen LogP contribution in [-0.2, 0) is 4.79 Å². The molecule has 0 saturated carbocycles. The van der Waals surface area contributed by atoms with Crippen molar-refractivity contribution in [3.05, 3.63) is 53.2 Å². The zero-order chi connectivity index (χ0) is 19.0. The predicted octanol–water partition coefficient (Wildman–Crippen LogP) is 3.49. The van der Waals surface area contributed by atoms with Crippen molar-refractivity contribution in [2.75, 3.05) is 10.6 Å². The third-order valence-electron chi connectivity index (χ3n) is 4.14. The van der Waals surface area contributed by atoms with Crippen LogP contribution in [0.25, 0.3) is 11.3 Å². The van der Waals surface area contributed by atoms with Crippen molar-refractivity contribution < 1.29 is 14.3 Å². The summed E-state index contributed by atoms with van der Waals surface area (Å²) in [5, 5.41) is 6.16. The number of carbonyl (C=O) groups is 2. The summed E-state index contributed by atoms with van der Waals surface area (Å²) in [6.45, 7) is 3.64. The molecule has 0 radical (unpaired) electrons. The third kappa shape index (κ3) is 3.39. The van der Waals surface area contributed by atoms with Crippen LogP contribution < -0.4 is 15.4 Å². The highest BCUT2D eigenvalue weighted by molar-refractivity contribution is 7.16. The van der Waals surface area contributed by atoms with Gasteiger partial charge >= 0.3 is 0 Å². The largest absolute Gasteiger partial charge is 0.479 e. The summed E-state index contributed by atoms with van der Waals surface area (Å²) >= 11 is 1.39. The van der Waals surface area contributed by atoms with Gasteiger partial charge in [0.05, 0.1) is 11.4 Å². The number of nitrogens with one attached hydrogen (secondary N) is 2. The molecule has 0 aliphatic carbocycles. The quantitative estimate of drug-likeness (QED) is 0.726. The molecule has 1 aliphatic rings. The van der Waals surface area contributed by atoms with Crippen LogP contribution in [0, 0.1) is 6.92 Å². The number of pyridine rings is 1. The molecule has 0 bridgehead atoms. The fourth-order valence-electron chi connectivity index (χ4n) is 2.75. The molecule has 0 unspecified atom stereocenters. The van der Waals surface area contributed by atoms with Gasteiger partial charge in [0.2, 0.25) is 0 Å². The minimum absolute atomic E-state index is 0.181. The first-order valence-corrected chi connectivity index (χ1v) is 9.13. The Morgan fingerprint density at radius 2 is 2.04 bits per heavy atom. The van der Waals surface area contributed by atoms with Crippen LogP contribution in [0.4, 0.5) is 10.8 Å². The van der Waals surface area contributed by atoms with Crippen LogP contribution in [0.5, 0.6) is 5.75 Å². The van der Waals surface area contributed by atoms with Crippen LogP contribution in [0.1, 0.15) is 22.2 Å². The number of carbonyl (C=O) groups excluding carboxylic acids is 2. The minimum Gasteiger partial charge on any atom is -0.479 e. The predicted molar refractivity (Wildman–Crippen MR) is 103 cm³/mol. The molecule has 7 nitrogen and oxygen atoms in total. The molecule has 2 aromatic heterocycles. The summed E-state index contributed by atoms with van der Waals surface area (Å²) in [5.74, 6) is 0.211. The van der Waals surface area contributed by atoms with Gasteiger partial charge in [0.25, 0.3) is 11.8 Å². The zero-order valence-corrected chi connectivity index (χ0v) is 15.5. The Kier molecular flexibility index (Phi) is 4.33. The molecular formula is C19H16N4O3S. The highest BCUT2D eigenvalue weighted by Crippen LogP contribution is 2.37. The van der Waals surface area contributed by atoms with E-state index in [9.17, 15) is 9.59 Å². The summed E-state index contributed by atoms with van der Waals surface area (Å²) in [6, 6.07) is 8.82. The fourth-order valence-corrected chi connectivity index (χ4v) is 3.58. The van der Waals surface area contributed by atoms with E-state index in [2.05, 4.69) is 20.6 Å². The number of aromatic nitrogens is 2. The summed E-state index contributed by atoms with van der Waals surface area (Å²) in [5.41, 5.74) is 2.72. The maximum absolute atomic E-state index is 12.3. The van der Waals surface area contributed by atoms with E-state index >= 15 is 0 Å². The number of anilines is 2. The van der Waals surface area contributed by atoms with Crippen LogP contribution in [0.2, 0.25) is 0 Å². The fraction of sp³-hybridized carbons (Fsp3) is 0.158. The Balaban J connectivity index is 1.60. The lowest BCUT2D eigenvalue weighted by Crippen LogP contribution is -2.34. The maximum Gasteiger partial charge on any atom is 0.265 e. The zero-order valence-electron chi connectivity index (χ0n) is 14.6. The molecule has 1 aliphatic heterocycles. The van der Waals surface area contributed by atoms with E-state index in [-0.39, 0.29) is 11.8 Å². The number of hydrogen-bond acceptors (Lipinski definition) is 6. The van der Waals surface area contributed by atoms with E-state index in [1.165, 1.54) is 11.3 Å². The van der Waals surface area contributed by atoms with Gasteiger partial charge < -0.3 is 10.1 Å². The van der Waals surface area contributed by atoms with Crippen molar-refractivity contribution >= 4 is 34.0 Å². The van der Waals surface area contributed by atoms with Crippen molar-refractivity contribution in [1.82, 2.24) is 9.97 Å². The third-order valence-corrected chi connectivity index (χ3v) is 5.03. The Bertz CT molecular complexity index is 1030. The number of hydrogen-bond donors (Lipinski definition) is 2. The van der Waals surface area contributed by atoms with E-state index in [1.807, 2.05) is 25.1 Å². The highest BCUT2D eigenvalue weighted by Gasteiger charge is 2.24. The maximum atomic E-state index is 12.3. The Morgan fingerprint density at radius 1 is 1.26 bits per heavy atom. The standard InChI is InChI=1S/C19H16N4O3S/c1-10-17(24)21-14-9-13(3-4-15(14)26-10)16-11(2)27-19(22-16)23-18(25)12-5-7-20-8-6-12/h3-10H,1-2H3,(H,21,24)(H,22,23,25)/t10-/m0/s1. The second-order valence-corrected chi connectivity index (χ2v) is 7.28. The molecule has 0 saturated heterocycles. The second kappa shape index (κ2) is 6.81. The van der Waals surface area contributed by atoms with Crippen LogP contribution in [0.15, 0.2) is 42.7 Å². The monoisotopic (exact) mass is 380 g/mol.